The summed E-state index contributed by atoms with van der Waals surface area (Å²) in [5.74, 6) is 1.50. The van der Waals surface area contributed by atoms with Crippen molar-refractivity contribution in [1.82, 2.24) is 4.90 Å². The first-order chi connectivity index (χ1) is 17.2. The molecule has 4 saturated carbocycles. The van der Waals surface area contributed by atoms with Crippen LogP contribution >= 0.6 is 0 Å². The number of ether oxygens (including phenoxy) is 1. The smallest absolute Gasteiger partial charge is 0.101 e. The Hall–Kier alpha value is -0.940. The standard InChI is InChI=1S/C32H49NO3/c1-23-6-8-24(9-7-23)32(36-21-20-33-18-4-5-19-33)17-16-31(35)28-11-10-25-22-26(34)12-14-29(25,2)27(28)13-15-30(31,32)3/h6-9,25-28,34-35H,4-5,10-22H2,1-3H3/t25?,26?,27-,28-,29+,30+,31-,32?/m1/s1. The first kappa shape index (κ1) is 25.3. The Kier molecular flexibility index (Phi) is 6.39. The van der Waals surface area contributed by atoms with Gasteiger partial charge in [0.05, 0.1) is 18.3 Å². The summed E-state index contributed by atoms with van der Waals surface area (Å²) in [7, 11) is 0. The van der Waals surface area contributed by atoms with Gasteiger partial charge in [0.2, 0.25) is 0 Å². The van der Waals surface area contributed by atoms with Gasteiger partial charge in [-0.1, -0.05) is 43.7 Å². The van der Waals surface area contributed by atoms with Crippen LogP contribution in [-0.4, -0.2) is 53.1 Å². The highest BCUT2D eigenvalue weighted by Gasteiger charge is 2.72. The molecule has 5 fully saturated rings. The highest BCUT2D eigenvalue weighted by atomic mass is 16.5. The van der Waals surface area contributed by atoms with Crippen molar-refractivity contribution in [3.8, 4) is 0 Å². The van der Waals surface area contributed by atoms with E-state index in [0.29, 0.717) is 17.8 Å². The third-order valence-electron chi connectivity index (χ3n) is 12.4. The van der Waals surface area contributed by atoms with Crippen LogP contribution in [0.25, 0.3) is 0 Å². The van der Waals surface area contributed by atoms with E-state index in [-0.39, 0.29) is 16.9 Å². The second kappa shape index (κ2) is 9.07. The summed E-state index contributed by atoms with van der Waals surface area (Å²) >= 11 is 0. The third kappa shape index (κ3) is 3.61. The van der Waals surface area contributed by atoms with Gasteiger partial charge in [0.15, 0.2) is 0 Å². The van der Waals surface area contributed by atoms with Gasteiger partial charge in [0.1, 0.15) is 5.60 Å². The molecule has 0 radical (unpaired) electrons. The van der Waals surface area contributed by atoms with E-state index < -0.39 is 11.2 Å². The average molecular weight is 496 g/mol. The number of aliphatic hydroxyl groups excluding tert-OH is 1. The zero-order chi connectivity index (χ0) is 25.2. The topological polar surface area (TPSA) is 52.9 Å². The lowest BCUT2D eigenvalue weighted by Crippen LogP contribution is -2.65. The van der Waals surface area contributed by atoms with Crippen molar-refractivity contribution in [3.63, 3.8) is 0 Å². The zero-order valence-corrected chi connectivity index (χ0v) is 23.0. The highest BCUT2D eigenvalue weighted by molar-refractivity contribution is 5.35. The molecule has 36 heavy (non-hydrogen) atoms. The van der Waals surface area contributed by atoms with E-state index in [9.17, 15) is 10.2 Å². The maximum Gasteiger partial charge on any atom is 0.101 e. The fourth-order valence-corrected chi connectivity index (χ4v) is 10.2. The van der Waals surface area contributed by atoms with Crippen LogP contribution in [0.3, 0.4) is 0 Å². The molecule has 4 heteroatoms. The quantitative estimate of drug-likeness (QED) is 0.540. The van der Waals surface area contributed by atoms with Gasteiger partial charge in [-0.3, -0.25) is 0 Å². The molecule has 1 saturated heterocycles. The summed E-state index contributed by atoms with van der Waals surface area (Å²) in [5, 5.41) is 23.3. The van der Waals surface area contributed by atoms with Gasteiger partial charge in [-0.05, 0) is 119 Å². The zero-order valence-electron chi connectivity index (χ0n) is 23.0. The normalized spacial score (nSPS) is 46.8. The number of likely N-dealkylation sites (tertiary alicyclic amines) is 1. The lowest BCUT2D eigenvalue weighted by molar-refractivity contribution is -0.249. The van der Waals surface area contributed by atoms with Gasteiger partial charge in [-0.25, -0.2) is 0 Å². The Balaban J connectivity index is 1.33. The number of aryl methyl sites for hydroxylation is 1. The third-order valence-corrected chi connectivity index (χ3v) is 12.4. The van der Waals surface area contributed by atoms with Gasteiger partial charge >= 0.3 is 0 Å². The number of hydrogen-bond acceptors (Lipinski definition) is 4. The molecule has 4 aliphatic carbocycles. The van der Waals surface area contributed by atoms with Crippen molar-refractivity contribution in [2.24, 2.45) is 28.6 Å². The van der Waals surface area contributed by atoms with E-state index in [1.807, 2.05) is 0 Å². The maximum atomic E-state index is 12.8. The largest absolute Gasteiger partial charge is 0.393 e. The molecule has 1 aromatic carbocycles. The average Bonchev–Trinajstić information content (AvgIpc) is 3.46. The fourth-order valence-electron chi connectivity index (χ4n) is 10.2. The molecule has 2 N–H and O–H groups in total. The molecule has 200 valence electrons. The molecule has 1 heterocycles. The van der Waals surface area contributed by atoms with E-state index in [4.69, 9.17) is 4.74 Å². The molecule has 1 aliphatic heterocycles. The Morgan fingerprint density at radius 3 is 2.42 bits per heavy atom. The van der Waals surface area contributed by atoms with Crippen molar-refractivity contribution < 1.29 is 14.9 Å². The predicted molar refractivity (Wildman–Crippen MR) is 144 cm³/mol. The summed E-state index contributed by atoms with van der Waals surface area (Å²) in [5.41, 5.74) is 1.38. The minimum Gasteiger partial charge on any atom is -0.393 e. The monoisotopic (exact) mass is 495 g/mol. The lowest BCUT2D eigenvalue weighted by Gasteiger charge is -2.64. The van der Waals surface area contributed by atoms with Crippen LogP contribution in [0.15, 0.2) is 24.3 Å². The number of hydrogen-bond donors (Lipinski definition) is 2. The van der Waals surface area contributed by atoms with E-state index in [0.717, 1.165) is 64.5 Å². The van der Waals surface area contributed by atoms with Crippen molar-refractivity contribution in [3.05, 3.63) is 35.4 Å². The predicted octanol–water partition coefficient (Wildman–Crippen LogP) is 5.82. The van der Waals surface area contributed by atoms with Gasteiger partial charge < -0.3 is 19.8 Å². The van der Waals surface area contributed by atoms with E-state index in [1.54, 1.807) is 0 Å². The number of rotatable bonds is 5. The van der Waals surface area contributed by atoms with Crippen LogP contribution in [-0.2, 0) is 10.3 Å². The molecule has 8 atom stereocenters. The van der Waals surface area contributed by atoms with Gasteiger partial charge in [-0.2, -0.15) is 0 Å². The second-order valence-electron chi connectivity index (χ2n) is 13.8. The molecule has 1 aromatic rings. The van der Waals surface area contributed by atoms with Gasteiger partial charge in [0, 0.05) is 12.0 Å². The van der Waals surface area contributed by atoms with Gasteiger partial charge in [0.25, 0.3) is 0 Å². The maximum absolute atomic E-state index is 12.8. The molecule has 0 bridgehead atoms. The number of aliphatic hydroxyl groups is 2. The molecule has 0 spiro atoms. The highest BCUT2D eigenvalue weighted by Crippen LogP contribution is 2.72. The molecule has 3 unspecified atom stereocenters. The Bertz CT molecular complexity index is 943. The first-order valence-corrected chi connectivity index (χ1v) is 15.1. The minimum absolute atomic E-state index is 0.124. The first-order valence-electron chi connectivity index (χ1n) is 15.1. The molecule has 6 rings (SSSR count). The molecular formula is C32H49NO3. The summed E-state index contributed by atoms with van der Waals surface area (Å²) in [6, 6.07) is 9.03. The molecule has 5 aliphatic rings. The SMILES string of the molecule is Cc1ccc(C2(OCCN3CCCC3)CC[C@@]3(O)[C@@H]4CCC5CC(O)CC[C@]5(C)[C@@H]4CC[C@]23C)cc1. The van der Waals surface area contributed by atoms with E-state index in [2.05, 4.69) is 49.9 Å². The Morgan fingerprint density at radius 2 is 1.67 bits per heavy atom. The Morgan fingerprint density at radius 1 is 0.917 bits per heavy atom. The van der Waals surface area contributed by atoms with Crippen molar-refractivity contribution in [1.29, 1.82) is 0 Å². The van der Waals surface area contributed by atoms with Crippen LogP contribution in [0.4, 0.5) is 0 Å². The summed E-state index contributed by atoms with van der Waals surface area (Å²) < 4.78 is 7.11. The van der Waals surface area contributed by atoms with E-state index in [1.165, 1.54) is 43.5 Å². The van der Waals surface area contributed by atoms with Crippen LogP contribution in [0.1, 0.15) is 95.6 Å². The molecule has 0 amide bonds. The van der Waals surface area contributed by atoms with Crippen LogP contribution in [0, 0.1) is 35.5 Å². The number of benzene rings is 1. The molecule has 0 aromatic heterocycles. The van der Waals surface area contributed by atoms with Crippen molar-refractivity contribution in [2.45, 2.75) is 109 Å². The minimum atomic E-state index is -0.696. The van der Waals surface area contributed by atoms with Crippen molar-refractivity contribution >= 4 is 0 Å². The van der Waals surface area contributed by atoms with Crippen molar-refractivity contribution in [2.75, 3.05) is 26.2 Å². The van der Waals surface area contributed by atoms with Crippen LogP contribution in [0.2, 0.25) is 0 Å². The summed E-state index contributed by atoms with van der Waals surface area (Å²) in [4.78, 5) is 2.54. The summed E-state index contributed by atoms with van der Waals surface area (Å²) in [6.07, 6.45) is 11.7. The Labute approximate surface area is 218 Å². The molecular weight excluding hydrogens is 446 g/mol. The van der Waals surface area contributed by atoms with Crippen LogP contribution < -0.4 is 0 Å². The molecule has 4 nitrogen and oxygen atoms in total. The van der Waals surface area contributed by atoms with Crippen LogP contribution in [0.5, 0.6) is 0 Å². The van der Waals surface area contributed by atoms with Gasteiger partial charge in [-0.15, -0.1) is 0 Å². The number of fused-ring (bicyclic) bond motifs is 5. The number of nitrogens with zero attached hydrogens (tertiary/aromatic N) is 1. The fraction of sp³-hybridized carbons (Fsp3) is 0.812. The lowest BCUT2D eigenvalue weighted by atomic mass is 9.42. The summed E-state index contributed by atoms with van der Waals surface area (Å²) in [6.45, 7) is 11.2. The van der Waals surface area contributed by atoms with E-state index >= 15 is 0 Å². The second-order valence-corrected chi connectivity index (χ2v) is 13.8.